The largest absolute Gasteiger partial charge is 0.493 e. The molecule has 1 aromatic carbocycles. The molecule has 0 radical (unpaired) electrons. The van der Waals surface area contributed by atoms with Gasteiger partial charge in [0.25, 0.3) is 0 Å². The molecule has 3 nitrogen and oxygen atoms in total. The summed E-state index contributed by atoms with van der Waals surface area (Å²) in [7, 11) is 0. The Labute approximate surface area is 116 Å². The van der Waals surface area contributed by atoms with E-state index in [4.69, 9.17) is 4.74 Å². The molecule has 0 spiro atoms. The highest BCUT2D eigenvalue weighted by atomic mass is 16.5. The maximum Gasteiger partial charge on any atom is 0.119 e. The average molecular weight is 263 g/mol. The number of hydrogen-bond donors (Lipinski definition) is 2. The fourth-order valence-corrected chi connectivity index (χ4v) is 2.58. The van der Waals surface area contributed by atoms with Crippen LogP contribution in [0.15, 0.2) is 24.3 Å². The molecule has 0 aromatic heterocycles. The molecule has 1 heterocycles. The van der Waals surface area contributed by atoms with Crippen molar-refractivity contribution < 1.29 is 9.84 Å². The van der Waals surface area contributed by atoms with Crippen molar-refractivity contribution in [2.45, 2.75) is 38.7 Å². The first-order chi connectivity index (χ1) is 9.29. The topological polar surface area (TPSA) is 41.5 Å². The highest BCUT2D eigenvalue weighted by molar-refractivity contribution is 5.27. The van der Waals surface area contributed by atoms with Gasteiger partial charge in [0.15, 0.2) is 0 Å². The van der Waals surface area contributed by atoms with Gasteiger partial charge in [0.2, 0.25) is 0 Å². The maximum atomic E-state index is 10.1. The van der Waals surface area contributed by atoms with E-state index in [1.807, 2.05) is 12.1 Å². The van der Waals surface area contributed by atoms with Gasteiger partial charge in [-0.05, 0) is 56.0 Å². The van der Waals surface area contributed by atoms with Crippen LogP contribution in [0.4, 0.5) is 0 Å². The third-order valence-electron chi connectivity index (χ3n) is 3.94. The number of ether oxygens (including phenoxy) is 1. The van der Waals surface area contributed by atoms with Crippen LogP contribution in [0, 0.1) is 5.92 Å². The second-order valence-electron chi connectivity index (χ2n) is 5.29. The third kappa shape index (κ3) is 4.51. The van der Waals surface area contributed by atoms with Crippen LogP contribution in [0.25, 0.3) is 0 Å². The fourth-order valence-electron chi connectivity index (χ4n) is 2.58. The quantitative estimate of drug-likeness (QED) is 0.828. The number of aryl methyl sites for hydroxylation is 1. The van der Waals surface area contributed by atoms with Crippen molar-refractivity contribution >= 4 is 0 Å². The lowest BCUT2D eigenvalue weighted by molar-refractivity contribution is 0.0674. The zero-order valence-electron chi connectivity index (χ0n) is 11.8. The second kappa shape index (κ2) is 7.51. The number of nitrogens with one attached hydrogen (secondary N) is 1. The molecule has 3 heteroatoms. The summed E-state index contributed by atoms with van der Waals surface area (Å²) < 4.78 is 5.69. The molecule has 1 saturated heterocycles. The zero-order valence-corrected chi connectivity index (χ0v) is 11.8. The summed E-state index contributed by atoms with van der Waals surface area (Å²) in [5.41, 5.74) is 1.32. The smallest absolute Gasteiger partial charge is 0.119 e. The molecule has 1 aliphatic heterocycles. The molecule has 0 amide bonds. The minimum Gasteiger partial charge on any atom is -0.493 e. The minimum atomic E-state index is -0.225. The molecule has 0 bridgehead atoms. The van der Waals surface area contributed by atoms with Crippen LogP contribution in [-0.4, -0.2) is 30.9 Å². The van der Waals surface area contributed by atoms with Gasteiger partial charge in [-0.25, -0.2) is 0 Å². The first kappa shape index (κ1) is 14.4. The molecule has 1 fully saturated rings. The van der Waals surface area contributed by atoms with Crippen molar-refractivity contribution in [1.82, 2.24) is 5.32 Å². The SMILES string of the molecule is CCc1ccc(OCCC(O)C2CCNCC2)cc1. The lowest BCUT2D eigenvalue weighted by Gasteiger charge is -2.27. The molecular formula is C16H25NO2. The number of aliphatic hydroxyl groups is 1. The third-order valence-corrected chi connectivity index (χ3v) is 3.94. The van der Waals surface area contributed by atoms with E-state index in [9.17, 15) is 5.11 Å². The van der Waals surface area contributed by atoms with Gasteiger partial charge in [-0.3, -0.25) is 0 Å². The zero-order chi connectivity index (χ0) is 13.5. The standard InChI is InChI=1S/C16H25NO2/c1-2-13-3-5-15(6-4-13)19-12-9-16(18)14-7-10-17-11-8-14/h3-6,14,16-18H,2,7-12H2,1H3. The second-order valence-corrected chi connectivity index (χ2v) is 5.29. The molecule has 19 heavy (non-hydrogen) atoms. The van der Waals surface area contributed by atoms with Crippen molar-refractivity contribution in [1.29, 1.82) is 0 Å². The van der Waals surface area contributed by atoms with E-state index >= 15 is 0 Å². The van der Waals surface area contributed by atoms with Crippen molar-refractivity contribution in [3.63, 3.8) is 0 Å². The Morgan fingerprint density at radius 3 is 2.58 bits per heavy atom. The molecule has 1 unspecified atom stereocenters. The summed E-state index contributed by atoms with van der Waals surface area (Å²) in [6, 6.07) is 8.21. The molecule has 2 N–H and O–H groups in total. The number of piperidine rings is 1. The van der Waals surface area contributed by atoms with E-state index in [0.29, 0.717) is 12.5 Å². The summed E-state index contributed by atoms with van der Waals surface area (Å²) in [5, 5.41) is 13.4. The Hall–Kier alpha value is -1.06. The van der Waals surface area contributed by atoms with Crippen molar-refractivity contribution in [2.75, 3.05) is 19.7 Å². The van der Waals surface area contributed by atoms with Gasteiger partial charge in [0.1, 0.15) is 5.75 Å². The lowest BCUT2D eigenvalue weighted by Crippen LogP contribution is -2.34. The van der Waals surface area contributed by atoms with Crippen LogP contribution in [0.3, 0.4) is 0 Å². The highest BCUT2D eigenvalue weighted by Crippen LogP contribution is 2.19. The molecule has 1 aromatic rings. The van der Waals surface area contributed by atoms with Crippen molar-refractivity contribution in [3.8, 4) is 5.75 Å². The van der Waals surface area contributed by atoms with E-state index in [2.05, 4.69) is 24.4 Å². The van der Waals surface area contributed by atoms with Crippen LogP contribution in [-0.2, 0) is 6.42 Å². The first-order valence-corrected chi connectivity index (χ1v) is 7.40. The van der Waals surface area contributed by atoms with E-state index in [0.717, 1.165) is 44.5 Å². The van der Waals surface area contributed by atoms with Gasteiger partial charge >= 0.3 is 0 Å². The van der Waals surface area contributed by atoms with Gasteiger partial charge in [-0.15, -0.1) is 0 Å². The van der Waals surface area contributed by atoms with E-state index < -0.39 is 0 Å². The number of aliphatic hydroxyl groups excluding tert-OH is 1. The summed E-state index contributed by atoms with van der Waals surface area (Å²) in [5.74, 6) is 1.34. The monoisotopic (exact) mass is 263 g/mol. The minimum absolute atomic E-state index is 0.225. The molecule has 1 atom stereocenters. The normalized spacial score (nSPS) is 18.2. The van der Waals surface area contributed by atoms with Crippen molar-refractivity contribution in [3.05, 3.63) is 29.8 Å². The van der Waals surface area contributed by atoms with E-state index in [-0.39, 0.29) is 6.10 Å². The number of rotatable bonds is 6. The molecule has 0 saturated carbocycles. The number of hydrogen-bond acceptors (Lipinski definition) is 3. The molecule has 2 rings (SSSR count). The summed E-state index contributed by atoms with van der Waals surface area (Å²) >= 11 is 0. The highest BCUT2D eigenvalue weighted by Gasteiger charge is 2.21. The van der Waals surface area contributed by atoms with Gasteiger partial charge in [-0.2, -0.15) is 0 Å². The van der Waals surface area contributed by atoms with Crippen LogP contribution >= 0.6 is 0 Å². The van der Waals surface area contributed by atoms with Crippen LogP contribution < -0.4 is 10.1 Å². The van der Waals surface area contributed by atoms with Crippen molar-refractivity contribution in [2.24, 2.45) is 5.92 Å². The van der Waals surface area contributed by atoms with Crippen LogP contribution in [0.1, 0.15) is 31.7 Å². The van der Waals surface area contributed by atoms with E-state index in [1.54, 1.807) is 0 Å². The molecule has 106 valence electrons. The van der Waals surface area contributed by atoms with Gasteiger partial charge in [0, 0.05) is 6.42 Å². The Morgan fingerprint density at radius 2 is 1.95 bits per heavy atom. The maximum absolute atomic E-state index is 10.1. The Morgan fingerprint density at radius 1 is 1.26 bits per heavy atom. The first-order valence-electron chi connectivity index (χ1n) is 7.40. The van der Waals surface area contributed by atoms with E-state index in [1.165, 1.54) is 5.56 Å². The average Bonchev–Trinajstić information content (AvgIpc) is 2.49. The fraction of sp³-hybridized carbons (Fsp3) is 0.625. The van der Waals surface area contributed by atoms with Crippen LogP contribution in [0.2, 0.25) is 0 Å². The summed E-state index contributed by atoms with van der Waals surface area (Å²) in [6.07, 6.45) is 3.70. The lowest BCUT2D eigenvalue weighted by atomic mass is 9.91. The summed E-state index contributed by atoms with van der Waals surface area (Å²) in [4.78, 5) is 0. The predicted octanol–water partition coefficient (Wildman–Crippen LogP) is 2.38. The Kier molecular flexibility index (Phi) is 5.67. The van der Waals surface area contributed by atoms with Crippen LogP contribution in [0.5, 0.6) is 5.75 Å². The molecule has 1 aliphatic rings. The summed E-state index contributed by atoms with van der Waals surface area (Å²) in [6.45, 7) is 4.80. The molecule has 0 aliphatic carbocycles. The molecular weight excluding hydrogens is 238 g/mol. The predicted molar refractivity (Wildman–Crippen MR) is 77.5 cm³/mol. The van der Waals surface area contributed by atoms with Gasteiger partial charge in [0.05, 0.1) is 12.7 Å². The van der Waals surface area contributed by atoms with Gasteiger partial charge < -0.3 is 15.2 Å². The Balaban J connectivity index is 1.69. The Bertz CT molecular complexity index is 358. The van der Waals surface area contributed by atoms with Gasteiger partial charge in [-0.1, -0.05) is 19.1 Å². The number of benzene rings is 1.